The van der Waals surface area contributed by atoms with Gasteiger partial charge < -0.3 is 4.74 Å². The maximum atomic E-state index is 12.4. The number of benzene rings is 1. The lowest BCUT2D eigenvalue weighted by atomic mass is 10.2. The highest BCUT2D eigenvalue weighted by molar-refractivity contribution is 7.98. The van der Waals surface area contributed by atoms with Gasteiger partial charge in [-0.1, -0.05) is 6.07 Å². The molecule has 0 fully saturated rings. The minimum atomic E-state index is -3.75. The van der Waals surface area contributed by atoms with Crippen molar-refractivity contribution < 1.29 is 17.9 Å². The second-order valence-electron chi connectivity index (χ2n) is 4.80. The molecule has 0 radical (unpaired) electrons. The van der Waals surface area contributed by atoms with Gasteiger partial charge in [0.2, 0.25) is 10.0 Å². The van der Waals surface area contributed by atoms with Crippen molar-refractivity contribution in [3.63, 3.8) is 0 Å². The lowest BCUT2D eigenvalue weighted by Gasteiger charge is -2.16. The molecule has 1 aromatic carbocycles. The molecule has 0 heterocycles. The predicted molar refractivity (Wildman–Crippen MR) is 85.0 cm³/mol. The third-order valence-corrected chi connectivity index (χ3v) is 4.99. The summed E-state index contributed by atoms with van der Waals surface area (Å²) in [4.78, 5) is 11.9. The normalized spacial score (nSPS) is 13.0. The van der Waals surface area contributed by atoms with Gasteiger partial charge in [0.05, 0.1) is 12.0 Å². The van der Waals surface area contributed by atoms with Gasteiger partial charge in [-0.3, -0.25) is 4.79 Å². The number of esters is 1. The summed E-state index contributed by atoms with van der Waals surface area (Å²) in [5.41, 5.74) is 1.71. The molecule has 0 amide bonds. The van der Waals surface area contributed by atoms with E-state index in [4.69, 9.17) is 0 Å². The van der Waals surface area contributed by atoms with Crippen LogP contribution in [0.1, 0.15) is 17.5 Å². The molecule has 21 heavy (non-hydrogen) atoms. The summed E-state index contributed by atoms with van der Waals surface area (Å²) in [7, 11) is -2.50. The first-order chi connectivity index (χ1) is 9.80. The molecule has 118 valence electrons. The third kappa shape index (κ3) is 5.33. The highest BCUT2D eigenvalue weighted by Gasteiger charge is 2.26. The molecule has 0 bridgehead atoms. The number of methoxy groups -OCH3 is 1. The molecule has 0 saturated carbocycles. The molecule has 0 unspecified atom stereocenters. The van der Waals surface area contributed by atoms with Gasteiger partial charge in [-0.2, -0.15) is 16.5 Å². The average Bonchev–Trinajstić information content (AvgIpc) is 2.41. The van der Waals surface area contributed by atoms with E-state index in [9.17, 15) is 13.2 Å². The van der Waals surface area contributed by atoms with Crippen molar-refractivity contribution in [3.8, 4) is 0 Å². The lowest BCUT2D eigenvalue weighted by Crippen LogP contribution is -2.41. The van der Waals surface area contributed by atoms with Crippen molar-refractivity contribution in [2.24, 2.45) is 0 Å². The monoisotopic (exact) mass is 331 g/mol. The molecule has 0 spiro atoms. The van der Waals surface area contributed by atoms with E-state index in [0.29, 0.717) is 12.2 Å². The topological polar surface area (TPSA) is 72.5 Å². The summed E-state index contributed by atoms with van der Waals surface area (Å²) in [6.45, 7) is 3.66. The van der Waals surface area contributed by atoms with Crippen LogP contribution < -0.4 is 4.72 Å². The number of aryl methyl sites for hydroxylation is 2. The van der Waals surface area contributed by atoms with Crippen molar-refractivity contribution >= 4 is 27.8 Å². The Bertz CT molecular complexity index is 579. The molecule has 5 nitrogen and oxygen atoms in total. The lowest BCUT2D eigenvalue weighted by molar-refractivity contribution is -0.142. The van der Waals surface area contributed by atoms with Gasteiger partial charge in [0.1, 0.15) is 6.04 Å². The summed E-state index contributed by atoms with van der Waals surface area (Å²) in [6, 6.07) is 4.19. The molecule has 0 saturated heterocycles. The molecule has 1 atom stereocenters. The smallest absolute Gasteiger partial charge is 0.323 e. The van der Waals surface area contributed by atoms with Gasteiger partial charge in [-0.25, -0.2) is 8.42 Å². The first kappa shape index (κ1) is 18.0. The molecule has 1 aromatic rings. The van der Waals surface area contributed by atoms with E-state index in [0.717, 1.165) is 11.1 Å². The van der Waals surface area contributed by atoms with E-state index in [-0.39, 0.29) is 4.90 Å². The maximum Gasteiger partial charge on any atom is 0.323 e. The minimum absolute atomic E-state index is 0.165. The molecule has 0 aliphatic carbocycles. The van der Waals surface area contributed by atoms with Crippen LogP contribution in [0.5, 0.6) is 0 Å². The SMILES string of the molecule is COC(=O)[C@H](CCSC)NS(=O)(=O)c1cc(C)cc(C)c1. The van der Waals surface area contributed by atoms with Crippen molar-refractivity contribution in [2.75, 3.05) is 19.1 Å². The van der Waals surface area contributed by atoms with Crippen LogP contribution in [0, 0.1) is 13.8 Å². The highest BCUT2D eigenvalue weighted by atomic mass is 32.2. The maximum absolute atomic E-state index is 12.4. The first-order valence-corrected chi connectivity index (χ1v) is 9.35. The summed E-state index contributed by atoms with van der Waals surface area (Å²) in [5.74, 6) is 0.0896. The Labute approximate surface area is 130 Å². The molecular formula is C14H21NO4S2. The molecule has 1 N–H and O–H groups in total. The van der Waals surface area contributed by atoms with Crippen LogP contribution in [-0.4, -0.2) is 39.5 Å². The van der Waals surface area contributed by atoms with E-state index in [2.05, 4.69) is 9.46 Å². The van der Waals surface area contributed by atoms with Crippen molar-refractivity contribution in [1.29, 1.82) is 0 Å². The summed E-state index contributed by atoms with van der Waals surface area (Å²) >= 11 is 1.54. The van der Waals surface area contributed by atoms with Gasteiger partial charge in [-0.05, 0) is 55.5 Å². The fraction of sp³-hybridized carbons (Fsp3) is 0.500. The Balaban J connectivity index is 3.02. The summed E-state index contributed by atoms with van der Waals surface area (Å²) in [5, 5.41) is 0. The van der Waals surface area contributed by atoms with Crippen LogP contribution >= 0.6 is 11.8 Å². The summed E-state index contributed by atoms with van der Waals surface area (Å²) in [6.07, 6.45) is 2.28. The Kier molecular flexibility index (Phi) is 6.70. The Morgan fingerprint density at radius 3 is 2.33 bits per heavy atom. The molecule has 1 rings (SSSR count). The van der Waals surface area contributed by atoms with Gasteiger partial charge >= 0.3 is 5.97 Å². The van der Waals surface area contributed by atoms with Gasteiger partial charge in [0.25, 0.3) is 0 Å². The van der Waals surface area contributed by atoms with E-state index in [1.165, 1.54) is 7.11 Å². The zero-order chi connectivity index (χ0) is 16.0. The van der Waals surface area contributed by atoms with Gasteiger partial charge in [0, 0.05) is 0 Å². The number of hydrogen-bond donors (Lipinski definition) is 1. The van der Waals surface area contributed by atoms with Gasteiger partial charge in [-0.15, -0.1) is 0 Å². The van der Waals surface area contributed by atoms with Crippen LogP contribution in [0.2, 0.25) is 0 Å². The Morgan fingerprint density at radius 1 is 1.29 bits per heavy atom. The highest BCUT2D eigenvalue weighted by Crippen LogP contribution is 2.15. The van der Waals surface area contributed by atoms with E-state index < -0.39 is 22.0 Å². The molecule has 7 heteroatoms. The fourth-order valence-corrected chi connectivity index (χ4v) is 3.82. The van der Waals surface area contributed by atoms with Crippen molar-refractivity contribution in [1.82, 2.24) is 4.72 Å². The number of hydrogen-bond acceptors (Lipinski definition) is 5. The number of rotatable bonds is 7. The van der Waals surface area contributed by atoms with E-state index >= 15 is 0 Å². The van der Waals surface area contributed by atoms with Crippen molar-refractivity contribution in [2.45, 2.75) is 31.2 Å². The molecular weight excluding hydrogens is 310 g/mol. The summed E-state index contributed by atoms with van der Waals surface area (Å²) < 4.78 is 31.9. The molecule has 0 aromatic heterocycles. The van der Waals surface area contributed by atoms with Crippen molar-refractivity contribution in [3.05, 3.63) is 29.3 Å². The quantitative estimate of drug-likeness (QED) is 0.772. The van der Waals surface area contributed by atoms with E-state index in [1.807, 2.05) is 26.2 Å². The number of thioether (sulfide) groups is 1. The van der Waals surface area contributed by atoms with Gasteiger partial charge in [0.15, 0.2) is 0 Å². The number of sulfonamides is 1. The zero-order valence-corrected chi connectivity index (χ0v) is 14.3. The minimum Gasteiger partial charge on any atom is -0.468 e. The Morgan fingerprint density at radius 2 is 1.86 bits per heavy atom. The average molecular weight is 331 g/mol. The zero-order valence-electron chi connectivity index (χ0n) is 12.7. The second kappa shape index (κ2) is 7.82. The second-order valence-corrected chi connectivity index (χ2v) is 7.50. The fourth-order valence-electron chi connectivity index (χ4n) is 1.95. The number of carbonyl (C=O) groups excluding carboxylic acids is 1. The Hall–Kier alpha value is -1.05. The van der Waals surface area contributed by atoms with Crippen LogP contribution in [0.3, 0.4) is 0 Å². The largest absolute Gasteiger partial charge is 0.468 e. The number of ether oxygens (including phenoxy) is 1. The molecule has 0 aliphatic heterocycles. The molecule has 0 aliphatic rings. The third-order valence-electron chi connectivity index (χ3n) is 2.90. The number of nitrogens with one attached hydrogen (secondary N) is 1. The standard InChI is InChI=1S/C14H21NO4S2/c1-10-7-11(2)9-12(8-10)21(17,18)15-13(5-6-20-4)14(16)19-3/h7-9,13,15H,5-6H2,1-4H3/t13-/m0/s1. The van der Waals surface area contributed by atoms with E-state index in [1.54, 1.807) is 23.9 Å². The van der Waals surface area contributed by atoms with Crippen LogP contribution in [0.25, 0.3) is 0 Å². The number of carbonyl (C=O) groups is 1. The van der Waals surface area contributed by atoms with Crippen LogP contribution in [0.15, 0.2) is 23.1 Å². The van der Waals surface area contributed by atoms with Crippen LogP contribution in [0.4, 0.5) is 0 Å². The van der Waals surface area contributed by atoms with Crippen LogP contribution in [-0.2, 0) is 19.6 Å². The predicted octanol–water partition coefficient (Wildman–Crippen LogP) is 1.88. The first-order valence-electron chi connectivity index (χ1n) is 6.47.